The summed E-state index contributed by atoms with van der Waals surface area (Å²) in [6.07, 6.45) is -0.106. The molecule has 0 spiro atoms. The van der Waals surface area contributed by atoms with Gasteiger partial charge in [-0.15, -0.1) is 0 Å². The van der Waals surface area contributed by atoms with Crippen LogP contribution in [0.25, 0.3) is 0 Å². The van der Waals surface area contributed by atoms with E-state index < -0.39 is 34.0 Å². The number of carbonyl (C=O) groups is 1. The molecule has 0 aromatic heterocycles. The van der Waals surface area contributed by atoms with Crippen molar-refractivity contribution in [1.29, 1.82) is 0 Å². The van der Waals surface area contributed by atoms with Crippen molar-refractivity contribution in [2.45, 2.75) is 43.7 Å². The van der Waals surface area contributed by atoms with Crippen molar-refractivity contribution in [3.8, 4) is 0 Å². The van der Waals surface area contributed by atoms with Gasteiger partial charge in [-0.3, -0.25) is 14.9 Å². The highest BCUT2D eigenvalue weighted by atomic mass is 32.2. The van der Waals surface area contributed by atoms with E-state index in [9.17, 15) is 19.1 Å². The second kappa shape index (κ2) is 10.7. The van der Waals surface area contributed by atoms with Crippen LogP contribution in [0.4, 0.5) is 0 Å². The molecule has 1 N–H and O–H groups in total. The first-order chi connectivity index (χ1) is 13.4. The van der Waals surface area contributed by atoms with Gasteiger partial charge in [0.1, 0.15) is 17.0 Å². The Labute approximate surface area is 166 Å². The summed E-state index contributed by atoms with van der Waals surface area (Å²) >= 11 is 0. The first-order valence-electron chi connectivity index (χ1n) is 9.01. The van der Waals surface area contributed by atoms with Gasteiger partial charge in [0.25, 0.3) is 0 Å². The summed E-state index contributed by atoms with van der Waals surface area (Å²) in [6.45, 7) is 3.83. The summed E-state index contributed by atoms with van der Waals surface area (Å²) in [7, 11) is -1.65. The fourth-order valence-corrected chi connectivity index (χ4v) is 3.81. The van der Waals surface area contributed by atoms with Gasteiger partial charge in [0.2, 0.25) is 6.04 Å². The molecule has 0 bridgehead atoms. The molecule has 28 heavy (non-hydrogen) atoms. The molecule has 150 valence electrons. The van der Waals surface area contributed by atoms with Crippen LogP contribution >= 0.6 is 0 Å². The summed E-state index contributed by atoms with van der Waals surface area (Å²) in [5, 5.41) is 11.8. The standard InChI is InChI=1S/C20H24N2O5S/c1-3-27-19(23)14-13-18(22(24)25)20(16-7-5-4-6-8-16)21-28(26)17-11-9-15(2)10-12-17/h4-12,18,20-21H,3,13-14H2,1-2H3/t18-,20-,28-/m0/s1. The number of esters is 1. The molecule has 0 radical (unpaired) electrons. The molecule has 0 aliphatic heterocycles. The Hall–Kier alpha value is -2.58. The molecule has 7 nitrogen and oxygen atoms in total. The van der Waals surface area contributed by atoms with Crippen LogP contribution in [-0.2, 0) is 20.5 Å². The lowest BCUT2D eigenvalue weighted by molar-refractivity contribution is -0.528. The van der Waals surface area contributed by atoms with E-state index in [0.29, 0.717) is 10.5 Å². The second-order valence-electron chi connectivity index (χ2n) is 6.28. The van der Waals surface area contributed by atoms with Gasteiger partial charge in [-0.05, 0) is 31.5 Å². The molecule has 2 rings (SSSR count). The van der Waals surface area contributed by atoms with Crippen LogP contribution in [0.3, 0.4) is 0 Å². The molecule has 0 unspecified atom stereocenters. The van der Waals surface area contributed by atoms with Crippen LogP contribution in [0.2, 0.25) is 0 Å². The zero-order chi connectivity index (χ0) is 20.5. The minimum atomic E-state index is -1.65. The molecule has 2 aromatic carbocycles. The average Bonchev–Trinajstić information content (AvgIpc) is 2.68. The fourth-order valence-electron chi connectivity index (χ4n) is 2.77. The summed E-state index contributed by atoms with van der Waals surface area (Å²) in [5.74, 6) is -0.485. The molecule has 0 amide bonds. The number of carbonyl (C=O) groups excluding carboxylic acids is 1. The number of hydrogen-bond donors (Lipinski definition) is 1. The van der Waals surface area contributed by atoms with Crippen LogP contribution in [0.5, 0.6) is 0 Å². The van der Waals surface area contributed by atoms with E-state index in [0.717, 1.165) is 5.56 Å². The van der Waals surface area contributed by atoms with Crippen molar-refractivity contribution >= 4 is 17.0 Å². The minimum absolute atomic E-state index is 0.0243. The highest BCUT2D eigenvalue weighted by molar-refractivity contribution is 7.83. The van der Waals surface area contributed by atoms with Crippen molar-refractivity contribution < 1.29 is 18.7 Å². The Bertz CT molecular complexity index is 811. The number of ether oxygens (including phenoxy) is 1. The van der Waals surface area contributed by atoms with Crippen LogP contribution in [-0.4, -0.2) is 27.8 Å². The molecule has 2 aromatic rings. The molecule has 0 aliphatic carbocycles. The molecular weight excluding hydrogens is 380 g/mol. The number of nitrogens with one attached hydrogen (secondary N) is 1. The number of nitro groups is 1. The smallest absolute Gasteiger partial charge is 0.306 e. The number of benzene rings is 2. The fraction of sp³-hybridized carbons (Fsp3) is 0.350. The first-order valence-corrected chi connectivity index (χ1v) is 10.2. The van der Waals surface area contributed by atoms with Gasteiger partial charge in [0, 0.05) is 11.3 Å². The highest BCUT2D eigenvalue weighted by Gasteiger charge is 2.34. The van der Waals surface area contributed by atoms with E-state index in [1.54, 1.807) is 49.4 Å². The second-order valence-corrected chi connectivity index (χ2v) is 7.53. The van der Waals surface area contributed by atoms with Crippen molar-refractivity contribution in [3.05, 3.63) is 75.8 Å². The van der Waals surface area contributed by atoms with E-state index >= 15 is 0 Å². The van der Waals surface area contributed by atoms with Crippen LogP contribution < -0.4 is 4.72 Å². The molecule has 0 saturated heterocycles. The van der Waals surface area contributed by atoms with Gasteiger partial charge in [-0.2, -0.15) is 0 Å². The van der Waals surface area contributed by atoms with Gasteiger partial charge in [0.15, 0.2) is 0 Å². The van der Waals surface area contributed by atoms with Crippen molar-refractivity contribution in [2.75, 3.05) is 6.61 Å². The van der Waals surface area contributed by atoms with Crippen LogP contribution in [0.15, 0.2) is 59.5 Å². The van der Waals surface area contributed by atoms with Crippen molar-refractivity contribution in [1.82, 2.24) is 4.72 Å². The maximum absolute atomic E-state index is 12.8. The Morgan fingerprint density at radius 1 is 1.18 bits per heavy atom. The maximum atomic E-state index is 12.8. The van der Waals surface area contributed by atoms with E-state index in [2.05, 4.69) is 4.72 Å². The van der Waals surface area contributed by atoms with Gasteiger partial charge in [-0.25, -0.2) is 8.93 Å². The van der Waals surface area contributed by atoms with Gasteiger partial charge in [-0.1, -0.05) is 48.0 Å². The van der Waals surface area contributed by atoms with Gasteiger partial charge in [0.05, 0.1) is 17.9 Å². The summed E-state index contributed by atoms with van der Waals surface area (Å²) in [5.41, 5.74) is 1.66. The number of nitrogens with zero attached hydrogens (tertiary/aromatic N) is 1. The molecular formula is C20H24N2O5S. The predicted octanol–water partition coefficient (Wildman–Crippen LogP) is 3.34. The Morgan fingerprint density at radius 2 is 1.82 bits per heavy atom. The Kier molecular flexibility index (Phi) is 8.28. The van der Waals surface area contributed by atoms with E-state index in [1.807, 2.05) is 19.1 Å². The lowest BCUT2D eigenvalue weighted by Crippen LogP contribution is -2.38. The van der Waals surface area contributed by atoms with E-state index in [1.165, 1.54) is 0 Å². The molecule has 0 saturated carbocycles. The lowest BCUT2D eigenvalue weighted by Gasteiger charge is -2.22. The molecule has 0 fully saturated rings. The third-order valence-corrected chi connectivity index (χ3v) is 5.40. The number of hydrogen-bond acceptors (Lipinski definition) is 5. The van der Waals surface area contributed by atoms with Gasteiger partial charge >= 0.3 is 5.97 Å². The van der Waals surface area contributed by atoms with Gasteiger partial charge < -0.3 is 4.74 Å². The quantitative estimate of drug-likeness (QED) is 0.372. The molecule has 8 heteroatoms. The first kappa shape index (κ1) is 21.7. The predicted molar refractivity (Wildman–Crippen MR) is 107 cm³/mol. The average molecular weight is 404 g/mol. The molecule has 3 atom stereocenters. The zero-order valence-corrected chi connectivity index (χ0v) is 16.7. The lowest BCUT2D eigenvalue weighted by atomic mass is 9.97. The summed E-state index contributed by atoms with van der Waals surface area (Å²) < 4.78 is 20.6. The van der Waals surface area contributed by atoms with Crippen LogP contribution in [0.1, 0.15) is 36.9 Å². The van der Waals surface area contributed by atoms with E-state index in [-0.39, 0.29) is 19.4 Å². The summed E-state index contributed by atoms with van der Waals surface area (Å²) in [6, 6.07) is 14.0. The third kappa shape index (κ3) is 6.24. The zero-order valence-electron chi connectivity index (χ0n) is 15.9. The van der Waals surface area contributed by atoms with Crippen LogP contribution in [0, 0.1) is 17.0 Å². The Balaban J connectivity index is 2.26. The normalized spacial score (nSPS) is 14.1. The minimum Gasteiger partial charge on any atom is -0.466 e. The monoisotopic (exact) mass is 404 g/mol. The number of rotatable bonds is 10. The highest BCUT2D eigenvalue weighted by Crippen LogP contribution is 2.24. The van der Waals surface area contributed by atoms with E-state index in [4.69, 9.17) is 4.74 Å². The summed E-state index contributed by atoms with van der Waals surface area (Å²) in [4.78, 5) is 23.5. The maximum Gasteiger partial charge on any atom is 0.306 e. The third-order valence-electron chi connectivity index (χ3n) is 4.23. The molecule has 0 aliphatic rings. The van der Waals surface area contributed by atoms with Crippen molar-refractivity contribution in [3.63, 3.8) is 0 Å². The topological polar surface area (TPSA) is 98.5 Å². The molecule has 0 heterocycles. The number of aryl methyl sites for hydroxylation is 1. The largest absolute Gasteiger partial charge is 0.466 e. The van der Waals surface area contributed by atoms with Crippen molar-refractivity contribution in [2.24, 2.45) is 0 Å². The SMILES string of the molecule is CCOC(=O)CC[C@@H]([C@@H](N[S@@](=O)c1ccc(C)cc1)c1ccccc1)[N+](=O)[O-]. The Morgan fingerprint density at radius 3 is 2.39 bits per heavy atom.